The number of hydrogen-bond acceptors (Lipinski definition) is 7. The normalized spacial score (nSPS) is 13.5. The van der Waals surface area contributed by atoms with Gasteiger partial charge in [0.1, 0.15) is 0 Å². The average Bonchev–Trinajstić information content (AvgIpc) is 1.81. The number of hydrogen-bond donors (Lipinski definition) is 0. The van der Waals surface area contributed by atoms with Gasteiger partial charge in [-0.1, -0.05) is 146 Å². The second kappa shape index (κ2) is 28.2. The topological polar surface area (TPSA) is 0 Å². The fourth-order valence-corrected chi connectivity index (χ4v) is 21.0. The largest absolute Gasteiger partial charge is 0.184 e. The van der Waals surface area contributed by atoms with Gasteiger partial charge in [0.2, 0.25) is 0 Å². The minimum absolute atomic E-state index is 0. The summed E-state index contributed by atoms with van der Waals surface area (Å²) in [6.07, 6.45) is 6.69. The molecule has 0 N–H and O–H groups in total. The highest BCUT2D eigenvalue weighted by Gasteiger charge is 2.27. The minimum Gasteiger partial charge on any atom is -0.184 e. The molecule has 456 valence electrons. The summed E-state index contributed by atoms with van der Waals surface area (Å²) in [4.78, 5) is 12.2. The number of rotatable bonds is 13. The van der Waals surface area contributed by atoms with E-state index in [4.69, 9.17) is 0 Å². The molecular formula is C79H78Br2S8. The SMILES string of the molecule is C.CC(C)(C)C(Cc1ccc(-c2ccc(Br)s2)cc1)Cc1ccc(-c2ccc(Br)s2)cc1.Cc1cc2cc3c(cc2s1)C=S(C)C3.Cc1ccc(-c2ccc(CC(Cc3ccc(-c4ccc(-c5cc6cc7sc(C)cc7cc6s5)s4)cc3)C(C)(C)C)cc2)s1. The summed E-state index contributed by atoms with van der Waals surface area (Å²) >= 11 is 20.2. The van der Waals surface area contributed by atoms with Gasteiger partial charge in [-0.05, 0) is 275 Å². The smallest absolute Gasteiger partial charge is 0.0705 e. The van der Waals surface area contributed by atoms with Crippen LogP contribution in [-0.4, -0.2) is 11.6 Å². The van der Waals surface area contributed by atoms with E-state index in [0.717, 1.165) is 25.7 Å². The zero-order chi connectivity index (χ0) is 61.4. The molecule has 0 radical (unpaired) electrons. The van der Waals surface area contributed by atoms with Crippen LogP contribution in [0.4, 0.5) is 0 Å². The maximum Gasteiger partial charge on any atom is 0.0705 e. The average molecular weight is 1440 g/mol. The first-order valence-corrected chi connectivity index (χ1v) is 39.3. The first kappa shape index (κ1) is 65.7. The van der Waals surface area contributed by atoms with E-state index < -0.39 is 0 Å². The molecule has 7 aromatic heterocycles. The van der Waals surface area contributed by atoms with E-state index in [9.17, 15) is 0 Å². The van der Waals surface area contributed by atoms with Crippen molar-refractivity contribution in [2.45, 2.75) is 101 Å². The first-order valence-electron chi connectivity index (χ1n) is 30.2. The predicted molar refractivity (Wildman–Crippen MR) is 416 cm³/mol. The van der Waals surface area contributed by atoms with Crippen LogP contribution >= 0.6 is 122 Å². The van der Waals surface area contributed by atoms with Gasteiger partial charge in [0.25, 0.3) is 0 Å². The summed E-state index contributed by atoms with van der Waals surface area (Å²) in [5.41, 5.74) is 14.4. The minimum atomic E-state index is 0. The quantitative estimate of drug-likeness (QED) is 0.101. The van der Waals surface area contributed by atoms with Crippen molar-refractivity contribution < 1.29 is 0 Å². The van der Waals surface area contributed by atoms with E-state index in [2.05, 4.69) is 294 Å². The Morgan fingerprint density at radius 3 is 1.16 bits per heavy atom. The van der Waals surface area contributed by atoms with Gasteiger partial charge in [-0.2, -0.15) is 10.5 Å². The zero-order valence-corrected chi connectivity index (χ0v) is 61.4. The Labute approximate surface area is 576 Å². The third-order valence-electron chi connectivity index (χ3n) is 17.0. The van der Waals surface area contributed by atoms with Crippen molar-refractivity contribution >= 4 is 157 Å². The monoisotopic (exact) mass is 1440 g/mol. The van der Waals surface area contributed by atoms with Crippen molar-refractivity contribution in [3.05, 3.63) is 244 Å². The van der Waals surface area contributed by atoms with Crippen LogP contribution in [0.5, 0.6) is 0 Å². The van der Waals surface area contributed by atoms with Crippen LogP contribution in [0.15, 0.2) is 196 Å². The molecule has 0 nitrogen and oxygen atoms in total. The molecule has 6 aromatic carbocycles. The van der Waals surface area contributed by atoms with Gasteiger partial charge in [-0.15, -0.1) is 79.4 Å². The van der Waals surface area contributed by atoms with Crippen LogP contribution in [0.2, 0.25) is 0 Å². The molecule has 2 atom stereocenters. The fourth-order valence-electron chi connectivity index (χ4n) is 11.7. The number of thiophene rings is 7. The highest BCUT2D eigenvalue weighted by atomic mass is 79.9. The van der Waals surface area contributed by atoms with Crippen LogP contribution in [0, 0.1) is 43.4 Å². The lowest BCUT2D eigenvalue weighted by molar-refractivity contribution is 0.237. The first-order chi connectivity index (χ1) is 42.2. The molecular weight excluding hydrogens is 1370 g/mol. The van der Waals surface area contributed by atoms with E-state index >= 15 is 0 Å². The van der Waals surface area contributed by atoms with Crippen molar-refractivity contribution in [2.24, 2.45) is 22.7 Å². The molecule has 8 heterocycles. The van der Waals surface area contributed by atoms with E-state index in [1.807, 2.05) is 56.7 Å². The maximum absolute atomic E-state index is 3.57. The van der Waals surface area contributed by atoms with Gasteiger partial charge < -0.3 is 0 Å². The van der Waals surface area contributed by atoms with E-state index in [1.165, 1.54) is 138 Å². The Morgan fingerprint density at radius 1 is 0.371 bits per heavy atom. The molecule has 89 heavy (non-hydrogen) atoms. The number of halogens is 2. The molecule has 0 bridgehead atoms. The third kappa shape index (κ3) is 16.3. The second-order valence-electron chi connectivity index (χ2n) is 25.8. The standard InChI is InChI=1S/C39H36S4.C27H26Br2S2.C12H12S2.CH4/c1-24-6-15-33(40-24)28-11-7-26(8-12-28)19-32(39(3,4)5)20-27-9-13-29(14-10-27)34-16-17-35(42-34)38-23-31-22-36-30(18-25(2)41-36)21-37(31)43-38;1-27(2,3)22(16-18-4-8-20(9-5-18)23-12-14-25(28)30-23)17-19-6-10-21(11-7-19)24-13-15-26(29)31-24;1-8-3-9-4-10-6-14(2)7-11(10)5-12(9)13-8;/h6-18,21-23,32H,19-20H2,1-5H3;4-15,22H,16-17H2,1-3H3;3-5,7H,6H2,1-2H3;1H4. The summed E-state index contributed by atoms with van der Waals surface area (Å²) in [6.45, 7) is 20.8. The zero-order valence-electron chi connectivity index (χ0n) is 51.7. The Bertz CT molecular complexity index is 4420. The van der Waals surface area contributed by atoms with E-state index in [0.29, 0.717) is 22.3 Å². The summed E-state index contributed by atoms with van der Waals surface area (Å²) in [5.74, 6) is 2.39. The summed E-state index contributed by atoms with van der Waals surface area (Å²) in [7, 11) is 0.473. The highest BCUT2D eigenvalue weighted by molar-refractivity contribution is 9.11. The van der Waals surface area contributed by atoms with Crippen molar-refractivity contribution in [1.82, 2.24) is 0 Å². The molecule has 0 saturated heterocycles. The Morgan fingerprint density at radius 2 is 0.742 bits per heavy atom. The molecule has 1 aliphatic rings. The number of fused-ring (bicyclic) bond motifs is 4. The van der Waals surface area contributed by atoms with Crippen LogP contribution in [-0.2, 0) is 31.4 Å². The molecule has 1 aliphatic heterocycles. The predicted octanol–water partition coefficient (Wildman–Crippen LogP) is 27.8. The number of benzene rings is 6. The molecule has 2 unspecified atom stereocenters. The lowest BCUT2D eigenvalue weighted by atomic mass is 9.74. The molecule has 0 saturated carbocycles. The van der Waals surface area contributed by atoms with Gasteiger partial charge in [0.05, 0.1) is 7.57 Å². The molecule has 0 spiro atoms. The molecule has 0 fully saturated rings. The fraction of sp³-hybridized carbons (Fsp3) is 0.253. The van der Waals surface area contributed by atoms with Gasteiger partial charge >= 0.3 is 0 Å². The third-order valence-corrected chi connectivity index (χ3v) is 27.2. The maximum atomic E-state index is 3.57. The molecule has 0 amide bonds. The van der Waals surface area contributed by atoms with Crippen molar-refractivity contribution in [1.29, 1.82) is 0 Å². The lowest BCUT2D eigenvalue weighted by Gasteiger charge is -2.31. The highest BCUT2D eigenvalue weighted by Crippen LogP contribution is 2.44. The summed E-state index contributed by atoms with van der Waals surface area (Å²) in [6, 6.07) is 71.0. The molecule has 13 aromatic rings. The van der Waals surface area contributed by atoms with Gasteiger partial charge in [-0.25, -0.2) is 0 Å². The lowest BCUT2D eigenvalue weighted by Crippen LogP contribution is -2.25. The summed E-state index contributed by atoms with van der Waals surface area (Å²) < 4.78 is 6.56. The Balaban J connectivity index is 0.000000154. The van der Waals surface area contributed by atoms with Crippen LogP contribution < -0.4 is 0 Å². The molecule has 10 heteroatoms. The summed E-state index contributed by atoms with van der Waals surface area (Å²) in [5, 5.41) is 6.57. The van der Waals surface area contributed by atoms with E-state index in [1.54, 1.807) is 28.2 Å². The van der Waals surface area contributed by atoms with Gasteiger partial charge in [0, 0.05) is 63.7 Å². The van der Waals surface area contributed by atoms with Crippen LogP contribution in [0.3, 0.4) is 0 Å². The number of aryl methyl sites for hydroxylation is 3. The van der Waals surface area contributed by atoms with E-state index in [-0.39, 0.29) is 18.3 Å². The van der Waals surface area contributed by atoms with Gasteiger partial charge in [-0.3, -0.25) is 0 Å². The van der Waals surface area contributed by atoms with Gasteiger partial charge in [0.15, 0.2) is 0 Å². The van der Waals surface area contributed by atoms with Crippen LogP contribution in [0.1, 0.15) is 97.0 Å². The molecule has 0 aliphatic carbocycles. The van der Waals surface area contributed by atoms with Crippen molar-refractivity contribution in [3.8, 4) is 51.5 Å². The Kier molecular flexibility index (Phi) is 20.8. The second-order valence-corrected chi connectivity index (χ2v) is 38.7. The van der Waals surface area contributed by atoms with Crippen LogP contribution in [0.25, 0.3) is 81.8 Å². The molecule has 14 rings (SSSR count). The van der Waals surface area contributed by atoms with Crippen molar-refractivity contribution in [3.63, 3.8) is 0 Å². The Hall–Kier alpha value is -4.82. The van der Waals surface area contributed by atoms with Crippen molar-refractivity contribution in [2.75, 3.05) is 6.26 Å².